The Labute approximate surface area is 140 Å². The average molecular weight is 312 g/mol. The summed E-state index contributed by atoms with van der Waals surface area (Å²) in [5, 5.41) is 16.5. The molecule has 0 fully saturated rings. The molecule has 0 radical (unpaired) electrons. The standard InChI is InChI=1S/C20H16N4/c1-3-8-15-13(6-1)14-7-2-4-9-16(14)20(15)24-23-19-11-5-10-18-17(19)12-21-22-18/h1-4,6-9,12H,5,10-11H2,(H,21,22)/b23-19+. The maximum Gasteiger partial charge on any atom is 0.101 e. The van der Waals surface area contributed by atoms with Crippen LogP contribution in [-0.2, 0) is 6.42 Å². The van der Waals surface area contributed by atoms with Gasteiger partial charge in [-0.05, 0) is 30.4 Å². The van der Waals surface area contributed by atoms with Crippen LogP contribution in [0.25, 0.3) is 11.1 Å². The van der Waals surface area contributed by atoms with Crippen molar-refractivity contribution in [3.63, 3.8) is 0 Å². The molecule has 24 heavy (non-hydrogen) atoms. The maximum atomic E-state index is 4.67. The number of aromatic amines is 1. The highest BCUT2D eigenvalue weighted by molar-refractivity contribution is 6.24. The quantitative estimate of drug-likeness (QED) is 0.531. The zero-order chi connectivity index (χ0) is 15.9. The predicted octanol–water partition coefficient (Wildman–Crippen LogP) is 3.97. The van der Waals surface area contributed by atoms with E-state index in [1.807, 2.05) is 6.20 Å². The molecule has 2 aliphatic rings. The van der Waals surface area contributed by atoms with Gasteiger partial charge in [-0.1, -0.05) is 48.5 Å². The highest BCUT2D eigenvalue weighted by Gasteiger charge is 2.24. The van der Waals surface area contributed by atoms with Crippen LogP contribution < -0.4 is 0 Å². The predicted molar refractivity (Wildman–Crippen MR) is 95.6 cm³/mol. The fourth-order valence-corrected chi connectivity index (χ4v) is 3.64. The molecule has 0 amide bonds. The molecule has 4 nitrogen and oxygen atoms in total. The number of hydrogen-bond acceptors (Lipinski definition) is 3. The molecule has 0 unspecified atom stereocenters. The largest absolute Gasteiger partial charge is 0.282 e. The second kappa shape index (κ2) is 5.27. The lowest BCUT2D eigenvalue weighted by molar-refractivity contribution is 0.804. The van der Waals surface area contributed by atoms with Crippen molar-refractivity contribution in [2.24, 2.45) is 10.2 Å². The SMILES string of the molecule is c1ccc2c(c1)C(=N/N=C1\CCCc3[nH]ncc31)c1ccccc1-2. The van der Waals surface area contributed by atoms with Crippen molar-refractivity contribution in [3.8, 4) is 11.1 Å². The minimum absolute atomic E-state index is 0.951. The fraction of sp³-hybridized carbons (Fsp3) is 0.150. The summed E-state index contributed by atoms with van der Waals surface area (Å²) in [7, 11) is 0. The van der Waals surface area contributed by atoms with E-state index >= 15 is 0 Å². The Balaban J connectivity index is 1.65. The highest BCUT2D eigenvalue weighted by Crippen LogP contribution is 2.36. The minimum atomic E-state index is 0.951. The summed E-state index contributed by atoms with van der Waals surface area (Å²) in [4.78, 5) is 0. The van der Waals surface area contributed by atoms with Crippen molar-refractivity contribution < 1.29 is 0 Å². The summed E-state index contributed by atoms with van der Waals surface area (Å²) >= 11 is 0. The lowest BCUT2D eigenvalue weighted by atomic mass is 9.96. The van der Waals surface area contributed by atoms with Crippen LogP contribution in [0.1, 0.15) is 35.2 Å². The number of rotatable bonds is 1. The van der Waals surface area contributed by atoms with Crippen LogP contribution >= 0.6 is 0 Å². The summed E-state index contributed by atoms with van der Waals surface area (Å²) in [6.45, 7) is 0. The van der Waals surface area contributed by atoms with Crippen LogP contribution in [0.15, 0.2) is 64.9 Å². The van der Waals surface area contributed by atoms with Crippen LogP contribution in [0.4, 0.5) is 0 Å². The summed E-state index contributed by atoms with van der Waals surface area (Å²) in [6.07, 6.45) is 4.94. The summed E-state index contributed by atoms with van der Waals surface area (Å²) < 4.78 is 0. The van der Waals surface area contributed by atoms with Gasteiger partial charge in [-0.3, -0.25) is 5.10 Å². The molecule has 5 rings (SSSR count). The van der Waals surface area contributed by atoms with E-state index in [-0.39, 0.29) is 0 Å². The van der Waals surface area contributed by atoms with E-state index in [0.717, 1.165) is 47.4 Å². The molecule has 2 aromatic carbocycles. The van der Waals surface area contributed by atoms with Crippen molar-refractivity contribution in [2.75, 3.05) is 0 Å². The lowest BCUT2D eigenvalue weighted by Crippen LogP contribution is -2.10. The molecule has 0 saturated carbocycles. The fourth-order valence-electron chi connectivity index (χ4n) is 3.64. The molecule has 0 spiro atoms. The molecule has 0 saturated heterocycles. The van der Waals surface area contributed by atoms with Crippen molar-refractivity contribution in [2.45, 2.75) is 19.3 Å². The van der Waals surface area contributed by atoms with Gasteiger partial charge in [0, 0.05) is 22.4 Å². The van der Waals surface area contributed by atoms with Crippen molar-refractivity contribution in [3.05, 3.63) is 77.1 Å². The number of fused-ring (bicyclic) bond motifs is 4. The lowest BCUT2D eigenvalue weighted by Gasteiger charge is -2.11. The Hall–Kier alpha value is -3.01. The second-order valence-electron chi connectivity index (χ2n) is 6.20. The molecule has 0 bridgehead atoms. The Bertz CT molecular complexity index is 947. The third-order valence-electron chi connectivity index (χ3n) is 4.79. The Morgan fingerprint density at radius 1 is 0.750 bits per heavy atom. The highest BCUT2D eigenvalue weighted by atomic mass is 15.2. The molecule has 116 valence electrons. The molecule has 1 aromatic heterocycles. The van der Waals surface area contributed by atoms with E-state index in [4.69, 9.17) is 0 Å². The molecular weight excluding hydrogens is 296 g/mol. The molecule has 2 aliphatic carbocycles. The number of benzene rings is 2. The van der Waals surface area contributed by atoms with Gasteiger partial charge in [0.1, 0.15) is 5.71 Å². The molecule has 1 N–H and O–H groups in total. The summed E-state index contributed by atoms with van der Waals surface area (Å²) in [5.74, 6) is 0. The third-order valence-corrected chi connectivity index (χ3v) is 4.79. The normalized spacial score (nSPS) is 16.7. The Morgan fingerprint density at radius 3 is 2.12 bits per heavy atom. The van der Waals surface area contributed by atoms with E-state index in [0.29, 0.717) is 0 Å². The Kier molecular flexibility index (Phi) is 2.95. The van der Waals surface area contributed by atoms with Crippen molar-refractivity contribution >= 4 is 11.4 Å². The molecule has 1 heterocycles. The van der Waals surface area contributed by atoms with E-state index in [1.165, 1.54) is 16.8 Å². The number of hydrogen-bond donors (Lipinski definition) is 1. The monoisotopic (exact) mass is 312 g/mol. The summed E-state index contributed by atoms with van der Waals surface area (Å²) in [6, 6.07) is 16.8. The van der Waals surface area contributed by atoms with Crippen molar-refractivity contribution in [1.29, 1.82) is 0 Å². The zero-order valence-corrected chi connectivity index (χ0v) is 13.2. The maximum absolute atomic E-state index is 4.67. The zero-order valence-electron chi connectivity index (χ0n) is 13.2. The number of nitrogens with one attached hydrogen (secondary N) is 1. The first kappa shape index (κ1) is 13.4. The van der Waals surface area contributed by atoms with E-state index < -0.39 is 0 Å². The molecule has 0 aliphatic heterocycles. The summed E-state index contributed by atoms with van der Waals surface area (Å²) in [5.41, 5.74) is 9.07. The van der Waals surface area contributed by atoms with Gasteiger partial charge in [0.2, 0.25) is 0 Å². The topological polar surface area (TPSA) is 53.4 Å². The van der Waals surface area contributed by atoms with E-state index in [2.05, 4.69) is 68.9 Å². The van der Waals surface area contributed by atoms with Gasteiger partial charge in [-0.15, -0.1) is 5.10 Å². The first-order valence-electron chi connectivity index (χ1n) is 8.28. The number of H-pyrrole nitrogens is 1. The molecule has 4 heteroatoms. The molecular formula is C20H16N4. The van der Waals surface area contributed by atoms with E-state index in [1.54, 1.807) is 0 Å². The number of aromatic nitrogens is 2. The average Bonchev–Trinajstić information content (AvgIpc) is 3.23. The van der Waals surface area contributed by atoms with Crippen LogP contribution in [0.5, 0.6) is 0 Å². The van der Waals surface area contributed by atoms with Crippen LogP contribution in [-0.4, -0.2) is 21.6 Å². The molecule has 0 atom stereocenters. The second-order valence-corrected chi connectivity index (χ2v) is 6.20. The van der Waals surface area contributed by atoms with E-state index in [9.17, 15) is 0 Å². The number of aryl methyl sites for hydroxylation is 1. The van der Waals surface area contributed by atoms with Gasteiger partial charge in [0.05, 0.1) is 11.9 Å². The Morgan fingerprint density at radius 2 is 1.42 bits per heavy atom. The van der Waals surface area contributed by atoms with Gasteiger partial charge >= 0.3 is 0 Å². The minimum Gasteiger partial charge on any atom is -0.282 e. The smallest absolute Gasteiger partial charge is 0.101 e. The van der Waals surface area contributed by atoms with Crippen LogP contribution in [0, 0.1) is 0 Å². The van der Waals surface area contributed by atoms with Gasteiger partial charge in [0.15, 0.2) is 0 Å². The van der Waals surface area contributed by atoms with Crippen LogP contribution in [0.2, 0.25) is 0 Å². The number of nitrogens with zero attached hydrogens (tertiary/aromatic N) is 3. The van der Waals surface area contributed by atoms with Gasteiger partial charge < -0.3 is 0 Å². The van der Waals surface area contributed by atoms with Crippen molar-refractivity contribution in [1.82, 2.24) is 10.2 Å². The van der Waals surface area contributed by atoms with Gasteiger partial charge in [0.25, 0.3) is 0 Å². The third kappa shape index (κ3) is 1.96. The van der Waals surface area contributed by atoms with Crippen LogP contribution in [0.3, 0.4) is 0 Å². The van der Waals surface area contributed by atoms with Gasteiger partial charge in [-0.25, -0.2) is 0 Å². The first-order valence-corrected chi connectivity index (χ1v) is 8.28. The first-order chi connectivity index (χ1) is 11.9. The van der Waals surface area contributed by atoms with Gasteiger partial charge in [-0.2, -0.15) is 10.2 Å². The molecule has 3 aromatic rings.